The molecule has 4 atom stereocenters. The van der Waals surface area contributed by atoms with Crippen LogP contribution in [0.5, 0.6) is 5.88 Å². The summed E-state index contributed by atoms with van der Waals surface area (Å²) in [5, 5.41) is 0. The summed E-state index contributed by atoms with van der Waals surface area (Å²) in [7, 11) is 0. The molecule has 3 aromatic rings. The van der Waals surface area contributed by atoms with E-state index in [0.717, 1.165) is 31.1 Å². The van der Waals surface area contributed by atoms with E-state index in [1.165, 1.54) is 6.07 Å². The molecule has 1 saturated carbocycles. The second-order valence-electron chi connectivity index (χ2n) is 8.93. The van der Waals surface area contributed by atoms with Gasteiger partial charge in [-0.1, -0.05) is 25.1 Å². The summed E-state index contributed by atoms with van der Waals surface area (Å²) in [4.78, 5) is 27.3. The van der Waals surface area contributed by atoms with Crippen molar-refractivity contribution in [1.82, 2.24) is 19.9 Å². The highest BCUT2D eigenvalue weighted by atomic mass is 19.4. The van der Waals surface area contributed by atoms with Crippen LogP contribution in [0, 0.1) is 11.2 Å². The SMILES string of the molecule is CCC12CC(Oc3ccc(C(F)(F)F)cn3)C1N(C(=O)c1ccccc1-c1ncc(F)cn1)C2C. The van der Waals surface area contributed by atoms with Gasteiger partial charge in [-0.05, 0) is 31.9 Å². The average Bonchev–Trinajstić information content (AvgIpc) is 2.84. The van der Waals surface area contributed by atoms with Crippen molar-refractivity contribution >= 4 is 5.91 Å². The molecule has 182 valence electrons. The van der Waals surface area contributed by atoms with Gasteiger partial charge in [0.25, 0.3) is 5.91 Å². The van der Waals surface area contributed by atoms with E-state index in [9.17, 15) is 22.4 Å². The third-order valence-corrected chi connectivity index (χ3v) is 7.32. The molecule has 0 spiro atoms. The zero-order valence-electron chi connectivity index (χ0n) is 19.0. The van der Waals surface area contributed by atoms with E-state index in [2.05, 4.69) is 21.9 Å². The molecule has 2 fully saturated rings. The van der Waals surface area contributed by atoms with E-state index in [0.29, 0.717) is 17.5 Å². The van der Waals surface area contributed by atoms with Gasteiger partial charge in [0.2, 0.25) is 5.88 Å². The normalized spacial score (nSPS) is 25.3. The Morgan fingerprint density at radius 2 is 1.83 bits per heavy atom. The van der Waals surface area contributed by atoms with Gasteiger partial charge in [0.05, 0.1) is 29.6 Å². The second kappa shape index (κ2) is 8.28. The van der Waals surface area contributed by atoms with Gasteiger partial charge in [-0.2, -0.15) is 13.2 Å². The number of carbonyl (C=O) groups is 1. The minimum atomic E-state index is -4.48. The van der Waals surface area contributed by atoms with E-state index in [1.807, 2.05) is 6.92 Å². The lowest BCUT2D eigenvalue weighted by Crippen LogP contribution is -2.83. The largest absolute Gasteiger partial charge is 0.472 e. The van der Waals surface area contributed by atoms with Crippen LogP contribution in [-0.4, -0.2) is 43.9 Å². The van der Waals surface area contributed by atoms with E-state index in [4.69, 9.17) is 4.74 Å². The molecule has 1 amide bonds. The maximum atomic E-state index is 13.7. The first kappa shape index (κ1) is 23.2. The highest BCUT2D eigenvalue weighted by Gasteiger charge is 2.70. The summed E-state index contributed by atoms with van der Waals surface area (Å²) in [5.41, 5.74) is -0.114. The van der Waals surface area contributed by atoms with Gasteiger partial charge in [-0.15, -0.1) is 0 Å². The fourth-order valence-electron chi connectivity index (χ4n) is 5.41. The van der Waals surface area contributed by atoms with Gasteiger partial charge in [-0.3, -0.25) is 4.79 Å². The number of hydrogen-bond acceptors (Lipinski definition) is 5. The predicted molar refractivity (Wildman–Crippen MR) is 118 cm³/mol. The molecular formula is C25H22F4N4O2. The van der Waals surface area contributed by atoms with Crippen LogP contribution in [0.4, 0.5) is 17.6 Å². The van der Waals surface area contributed by atoms with Gasteiger partial charge >= 0.3 is 6.18 Å². The Hall–Kier alpha value is -3.56. The van der Waals surface area contributed by atoms with Crippen LogP contribution >= 0.6 is 0 Å². The van der Waals surface area contributed by atoms with Crippen molar-refractivity contribution in [2.45, 2.75) is 51.1 Å². The maximum Gasteiger partial charge on any atom is 0.417 e. The van der Waals surface area contributed by atoms with Crippen molar-refractivity contribution in [3.05, 3.63) is 71.9 Å². The van der Waals surface area contributed by atoms with E-state index in [1.54, 1.807) is 29.2 Å². The van der Waals surface area contributed by atoms with Crippen molar-refractivity contribution in [3.8, 4) is 17.3 Å². The lowest BCUT2D eigenvalue weighted by atomic mass is 9.49. The molecule has 2 aromatic heterocycles. The Morgan fingerprint density at radius 1 is 1.11 bits per heavy atom. The molecule has 5 rings (SSSR count). The van der Waals surface area contributed by atoms with Crippen molar-refractivity contribution < 1.29 is 27.1 Å². The summed E-state index contributed by atoms with van der Waals surface area (Å²) in [6, 6.07) is 8.69. The van der Waals surface area contributed by atoms with Crippen molar-refractivity contribution in [3.63, 3.8) is 0 Å². The minimum absolute atomic E-state index is 0.0624. The fraction of sp³-hybridized carbons (Fsp3) is 0.360. The summed E-state index contributed by atoms with van der Waals surface area (Å²) in [5.74, 6) is -0.489. The molecule has 4 unspecified atom stereocenters. The lowest BCUT2D eigenvalue weighted by Gasteiger charge is -2.72. The average molecular weight is 486 g/mol. The van der Waals surface area contributed by atoms with Crippen molar-refractivity contribution in [1.29, 1.82) is 0 Å². The number of halogens is 4. The van der Waals surface area contributed by atoms with Crippen molar-refractivity contribution in [2.75, 3.05) is 0 Å². The summed E-state index contributed by atoms with van der Waals surface area (Å²) in [6.07, 6.45) is -0.542. The number of aromatic nitrogens is 3. The van der Waals surface area contributed by atoms with Gasteiger partial charge in [-0.25, -0.2) is 19.3 Å². The Balaban J connectivity index is 1.40. The molecule has 3 heterocycles. The van der Waals surface area contributed by atoms with Crippen LogP contribution in [0.15, 0.2) is 55.0 Å². The fourth-order valence-corrected chi connectivity index (χ4v) is 5.41. The number of likely N-dealkylation sites (tertiary alicyclic amines) is 1. The number of nitrogens with zero attached hydrogens (tertiary/aromatic N) is 4. The molecule has 0 bridgehead atoms. The van der Waals surface area contributed by atoms with E-state index >= 15 is 0 Å². The molecule has 2 aliphatic rings. The van der Waals surface area contributed by atoms with Gasteiger partial charge < -0.3 is 9.64 Å². The summed E-state index contributed by atoms with van der Waals surface area (Å²) < 4.78 is 57.8. The van der Waals surface area contributed by atoms with E-state index < -0.39 is 23.7 Å². The standard InChI is InChI=1S/C25H22F4N4O2/c1-3-24-10-19(35-20-9-8-15(11-30-20)25(27,28)29)21(24)33(14(24)2)23(34)18-7-5-4-6-17(18)22-31-12-16(26)13-32-22/h4-9,11-14,19,21H,3,10H2,1-2H3. The molecule has 1 aliphatic carbocycles. The maximum absolute atomic E-state index is 13.7. The van der Waals surface area contributed by atoms with Gasteiger partial charge in [0.15, 0.2) is 11.6 Å². The Kier molecular flexibility index (Phi) is 5.49. The van der Waals surface area contributed by atoms with Crippen LogP contribution in [-0.2, 0) is 6.18 Å². The van der Waals surface area contributed by atoms with Crippen molar-refractivity contribution in [2.24, 2.45) is 5.41 Å². The molecule has 10 heteroatoms. The first-order valence-electron chi connectivity index (χ1n) is 11.2. The lowest BCUT2D eigenvalue weighted by molar-refractivity contribution is -0.230. The first-order valence-corrected chi connectivity index (χ1v) is 11.2. The summed E-state index contributed by atoms with van der Waals surface area (Å²) in [6.45, 7) is 4.04. The molecule has 1 aromatic carbocycles. The number of rotatable bonds is 5. The van der Waals surface area contributed by atoms with Crippen LogP contribution in [0.1, 0.15) is 42.6 Å². The second-order valence-corrected chi connectivity index (χ2v) is 8.93. The smallest absolute Gasteiger partial charge is 0.417 e. The number of fused-ring (bicyclic) bond motifs is 1. The zero-order chi connectivity index (χ0) is 25.0. The monoisotopic (exact) mass is 486 g/mol. The predicted octanol–water partition coefficient (Wildman–Crippen LogP) is 5.16. The molecule has 35 heavy (non-hydrogen) atoms. The quantitative estimate of drug-likeness (QED) is 0.466. The summed E-state index contributed by atoms with van der Waals surface area (Å²) >= 11 is 0. The molecule has 1 aliphatic heterocycles. The van der Waals surface area contributed by atoms with Crippen LogP contribution in [0.3, 0.4) is 0 Å². The Labute approximate surface area is 199 Å². The molecular weight excluding hydrogens is 464 g/mol. The van der Waals surface area contributed by atoms with Gasteiger partial charge in [0, 0.05) is 29.3 Å². The van der Waals surface area contributed by atoms with Gasteiger partial charge in [0.1, 0.15) is 6.10 Å². The third kappa shape index (κ3) is 3.71. The van der Waals surface area contributed by atoms with Crippen LogP contribution < -0.4 is 4.74 Å². The number of piperidine rings is 1. The highest BCUT2D eigenvalue weighted by Crippen LogP contribution is 2.61. The number of amides is 1. The van der Waals surface area contributed by atoms with Crippen LogP contribution in [0.25, 0.3) is 11.4 Å². The number of carbonyl (C=O) groups excluding carboxylic acids is 1. The molecule has 6 nitrogen and oxygen atoms in total. The Morgan fingerprint density at radius 3 is 2.46 bits per heavy atom. The Bertz CT molecular complexity index is 1250. The van der Waals surface area contributed by atoms with Crippen LogP contribution in [0.2, 0.25) is 0 Å². The number of alkyl halides is 3. The third-order valence-electron chi connectivity index (χ3n) is 7.32. The zero-order valence-corrected chi connectivity index (χ0v) is 19.0. The molecule has 0 radical (unpaired) electrons. The van der Waals surface area contributed by atoms with E-state index in [-0.39, 0.29) is 35.1 Å². The first-order chi connectivity index (χ1) is 16.7. The topological polar surface area (TPSA) is 68.2 Å². The molecule has 0 N–H and O–H groups in total. The highest BCUT2D eigenvalue weighted by molar-refractivity contribution is 6.01. The number of benzene rings is 1. The molecule has 1 saturated heterocycles. The number of pyridine rings is 1. The number of ether oxygens (including phenoxy) is 1. The minimum Gasteiger partial charge on any atom is -0.472 e. The number of hydrogen-bond donors (Lipinski definition) is 0.